The summed E-state index contributed by atoms with van der Waals surface area (Å²) in [5, 5.41) is 18.4. The molecule has 6 heteroatoms. The van der Waals surface area contributed by atoms with Crippen LogP contribution in [0.15, 0.2) is 29.2 Å². The van der Waals surface area contributed by atoms with Crippen molar-refractivity contribution in [1.29, 1.82) is 0 Å². The fourth-order valence-electron chi connectivity index (χ4n) is 2.29. The Hall–Kier alpha value is -1.39. The molecule has 1 aromatic rings. The van der Waals surface area contributed by atoms with Crippen LogP contribution in [0.3, 0.4) is 0 Å². The Balaban J connectivity index is 2.34. The molecule has 1 heterocycles. The summed E-state index contributed by atoms with van der Waals surface area (Å²) in [7, 11) is -3.65. The summed E-state index contributed by atoms with van der Waals surface area (Å²) in [6.45, 7) is 0.485. The topological polar surface area (TPSA) is 77.8 Å². The number of hydrogen-bond acceptors (Lipinski definition) is 4. The van der Waals surface area contributed by atoms with Crippen LogP contribution < -0.4 is 0 Å². The van der Waals surface area contributed by atoms with Crippen molar-refractivity contribution in [3.8, 4) is 11.8 Å². The van der Waals surface area contributed by atoms with Gasteiger partial charge >= 0.3 is 0 Å². The maximum Gasteiger partial charge on any atom is 0.244 e. The van der Waals surface area contributed by atoms with Crippen LogP contribution in [-0.4, -0.2) is 48.7 Å². The summed E-state index contributed by atoms with van der Waals surface area (Å²) in [5.74, 6) is 5.54. The first kappa shape index (κ1) is 16.0. The van der Waals surface area contributed by atoms with E-state index in [2.05, 4.69) is 11.8 Å². The zero-order chi connectivity index (χ0) is 15.3. The van der Waals surface area contributed by atoms with Crippen molar-refractivity contribution in [2.45, 2.75) is 30.3 Å². The highest BCUT2D eigenvalue weighted by Gasteiger charge is 2.30. The number of sulfonamides is 1. The van der Waals surface area contributed by atoms with E-state index in [1.807, 2.05) is 0 Å². The van der Waals surface area contributed by atoms with Crippen LogP contribution in [0.1, 0.15) is 24.8 Å². The van der Waals surface area contributed by atoms with Crippen molar-refractivity contribution in [3.05, 3.63) is 29.8 Å². The molecule has 5 nitrogen and oxygen atoms in total. The van der Waals surface area contributed by atoms with Crippen LogP contribution in [0.5, 0.6) is 0 Å². The molecule has 0 amide bonds. The van der Waals surface area contributed by atoms with Gasteiger partial charge in [0.05, 0.1) is 17.6 Å². The molecule has 2 rings (SSSR count). The van der Waals surface area contributed by atoms with E-state index >= 15 is 0 Å². The van der Waals surface area contributed by atoms with Crippen molar-refractivity contribution in [3.63, 3.8) is 0 Å². The van der Waals surface area contributed by atoms with Gasteiger partial charge in [0, 0.05) is 25.1 Å². The van der Waals surface area contributed by atoms with Crippen LogP contribution >= 0.6 is 0 Å². The molecule has 0 aliphatic carbocycles. The summed E-state index contributed by atoms with van der Waals surface area (Å²) in [4.78, 5) is 0.157. The van der Waals surface area contributed by atoms with E-state index in [1.165, 1.54) is 10.4 Å². The van der Waals surface area contributed by atoms with E-state index in [1.54, 1.807) is 18.2 Å². The lowest BCUT2D eigenvalue weighted by Gasteiger charge is -2.29. The number of β-amino-alcohol motifs (C(OH)–C–C–N with tert-alkyl or cyclic N) is 1. The van der Waals surface area contributed by atoms with Crippen molar-refractivity contribution in [2.75, 3.05) is 19.7 Å². The van der Waals surface area contributed by atoms with Gasteiger partial charge in [-0.3, -0.25) is 0 Å². The average Bonchev–Trinajstić information content (AvgIpc) is 2.48. The van der Waals surface area contributed by atoms with Crippen LogP contribution in [0.25, 0.3) is 0 Å². The minimum atomic E-state index is -3.65. The van der Waals surface area contributed by atoms with E-state index in [0.717, 1.165) is 0 Å². The van der Waals surface area contributed by atoms with Gasteiger partial charge in [-0.25, -0.2) is 8.42 Å². The molecule has 1 fully saturated rings. The van der Waals surface area contributed by atoms with Crippen molar-refractivity contribution in [1.82, 2.24) is 4.31 Å². The van der Waals surface area contributed by atoms with E-state index in [4.69, 9.17) is 5.11 Å². The molecule has 1 atom stereocenters. The molecule has 1 aromatic carbocycles. The summed E-state index contributed by atoms with van der Waals surface area (Å²) in [5.41, 5.74) is 0.422. The molecule has 1 aliphatic heterocycles. The Morgan fingerprint density at radius 2 is 2.10 bits per heavy atom. The maximum atomic E-state index is 12.7. The van der Waals surface area contributed by atoms with E-state index in [-0.39, 0.29) is 18.0 Å². The Labute approximate surface area is 125 Å². The molecule has 1 aliphatic rings. The molecular weight excluding hydrogens is 290 g/mol. The number of aliphatic hydroxyl groups excluding tert-OH is 2. The van der Waals surface area contributed by atoms with Gasteiger partial charge in [0.25, 0.3) is 0 Å². The van der Waals surface area contributed by atoms with Crippen molar-refractivity contribution in [2.24, 2.45) is 0 Å². The number of piperidine rings is 1. The van der Waals surface area contributed by atoms with Crippen LogP contribution in [0.2, 0.25) is 0 Å². The summed E-state index contributed by atoms with van der Waals surface area (Å²) in [6.07, 6.45) is 0.973. The van der Waals surface area contributed by atoms with Gasteiger partial charge in [-0.05, 0) is 25.0 Å². The second-order valence-corrected chi connectivity index (χ2v) is 6.84. The minimum absolute atomic E-state index is 0.0553. The number of nitrogens with zero attached hydrogens (tertiary/aromatic N) is 1. The minimum Gasteiger partial charge on any atom is -0.395 e. The molecule has 114 valence electrons. The lowest BCUT2D eigenvalue weighted by atomic mass is 10.1. The summed E-state index contributed by atoms with van der Waals surface area (Å²) < 4.78 is 26.7. The zero-order valence-electron chi connectivity index (χ0n) is 11.7. The van der Waals surface area contributed by atoms with Gasteiger partial charge in [-0.2, -0.15) is 4.31 Å². The van der Waals surface area contributed by atoms with Crippen molar-refractivity contribution >= 4 is 10.0 Å². The van der Waals surface area contributed by atoms with Crippen molar-refractivity contribution < 1.29 is 18.6 Å². The molecule has 0 bridgehead atoms. The molecule has 0 spiro atoms. The second-order valence-electron chi connectivity index (χ2n) is 4.93. The molecule has 0 radical (unpaired) electrons. The third-order valence-electron chi connectivity index (χ3n) is 3.32. The number of benzene rings is 1. The quantitative estimate of drug-likeness (QED) is 0.800. The van der Waals surface area contributed by atoms with Crippen LogP contribution in [-0.2, 0) is 10.0 Å². The molecule has 1 unspecified atom stereocenters. The van der Waals surface area contributed by atoms with E-state index in [0.29, 0.717) is 31.4 Å². The molecule has 0 aromatic heterocycles. The predicted molar refractivity (Wildman–Crippen MR) is 79.0 cm³/mol. The van der Waals surface area contributed by atoms with Gasteiger partial charge in [-0.15, -0.1) is 0 Å². The fraction of sp³-hybridized carbons (Fsp3) is 0.467. The smallest absolute Gasteiger partial charge is 0.244 e. The highest BCUT2D eigenvalue weighted by molar-refractivity contribution is 7.89. The molecule has 21 heavy (non-hydrogen) atoms. The Bertz CT molecular complexity index is 645. The molecule has 1 saturated heterocycles. The standard InChI is InChI=1S/C15H19NO4S/c17-11-4-3-7-13-6-1-2-9-15(13)21(19,20)16-10-5-8-14(18)12-16/h1-2,6,9,14,17-18H,4-5,8,10-12H2. The van der Waals surface area contributed by atoms with Gasteiger partial charge in [0.1, 0.15) is 0 Å². The highest BCUT2D eigenvalue weighted by atomic mass is 32.2. The number of aliphatic hydroxyl groups is 2. The third kappa shape index (κ3) is 3.83. The zero-order valence-corrected chi connectivity index (χ0v) is 12.5. The number of hydrogen-bond donors (Lipinski definition) is 2. The Morgan fingerprint density at radius 1 is 1.33 bits per heavy atom. The third-order valence-corrected chi connectivity index (χ3v) is 5.25. The van der Waals surface area contributed by atoms with Crippen LogP contribution in [0.4, 0.5) is 0 Å². The van der Waals surface area contributed by atoms with Gasteiger partial charge in [0.15, 0.2) is 0 Å². The van der Waals surface area contributed by atoms with E-state index in [9.17, 15) is 13.5 Å². The highest BCUT2D eigenvalue weighted by Crippen LogP contribution is 2.23. The van der Waals surface area contributed by atoms with Gasteiger partial charge in [-0.1, -0.05) is 24.0 Å². The first-order valence-corrected chi connectivity index (χ1v) is 8.36. The molecule has 0 saturated carbocycles. The molecule has 2 N–H and O–H groups in total. The average molecular weight is 309 g/mol. The monoisotopic (exact) mass is 309 g/mol. The normalized spacial score (nSPS) is 19.8. The number of rotatable bonds is 3. The fourth-order valence-corrected chi connectivity index (χ4v) is 3.95. The lowest BCUT2D eigenvalue weighted by Crippen LogP contribution is -2.42. The predicted octanol–water partition coefficient (Wildman–Crippen LogP) is 0.566. The van der Waals surface area contributed by atoms with Gasteiger partial charge < -0.3 is 10.2 Å². The Morgan fingerprint density at radius 3 is 2.81 bits per heavy atom. The van der Waals surface area contributed by atoms with Gasteiger partial charge in [0.2, 0.25) is 10.0 Å². The Kier molecular flexibility index (Phi) is 5.37. The molecular formula is C15H19NO4S. The first-order valence-electron chi connectivity index (χ1n) is 6.92. The van der Waals surface area contributed by atoms with Crippen LogP contribution in [0, 0.1) is 11.8 Å². The first-order chi connectivity index (χ1) is 10.1. The second kappa shape index (κ2) is 7.05. The SMILES string of the molecule is O=S(=O)(c1ccccc1C#CCCO)N1CCCC(O)C1. The van der Waals surface area contributed by atoms with E-state index < -0.39 is 16.1 Å². The maximum absolute atomic E-state index is 12.7. The summed E-state index contributed by atoms with van der Waals surface area (Å²) in [6, 6.07) is 6.56. The largest absolute Gasteiger partial charge is 0.395 e. The lowest BCUT2D eigenvalue weighted by molar-refractivity contribution is 0.108. The summed E-state index contributed by atoms with van der Waals surface area (Å²) >= 11 is 0.